The molecular weight excluding hydrogens is 322 g/mol. The van der Waals surface area contributed by atoms with Crippen LogP contribution in [0, 0.1) is 6.92 Å². The first-order valence-electron chi connectivity index (χ1n) is 6.80. The molecule has 2 N–H and O–H groups in total. The molecule has 1 aromatic heterocycles. The van der Waals surface area contributed by atoms with E-state index in [1.165, 1.54) is 35.6 Å². The Labute approximate surface area is 132 Å². The van der Waals surface area contributed by atoms with E-state index < -0.39 is 10.0 Å². The van der Waals surface area contributed by atoms with E-state index in [2.05, 4.69) is 15.0 Å². The zero-order valence-corrected chi connectivity index (χ0v) is 13.5. The second-order valence-electron chi connectivity index (χ2n) is 5.15. The van der Waals surface area contributed by atoms with E-state index in [0.29, 0.717) is 10.7 Å². The minimum atomic E-state index is -3.49. The van der Waals surface area contributed by atoms with E-state index in [1.54, 1.807) is 6.20 Å². The van der Waals surface area contributed by atoms with Crippen molar-refractivity contribution in [1.82, 2.24) is 9.71 Å². The molecule has 1 aliphatic rings. The fraction of sp³-hybridized carbons (Fsp3) is 0.286. The van der Waals surface area contributed by atoms with Crippen LogP contribution in [0.1, 0.15) is 28.1 Å². The van der Waals surface area contributed by atoms with Crippen LogP contribution >= 0.6 is 11.3 Å². The molecule has 2 aromatic rings. The van der Waals surface area contributed by atoms with E-state index in [4.69, 9.17) is 0 Å². The molecule has 1 fully saturated rings. The fourth-order valence-corrected chi connectivity index (χ4v) is 3.82. The number of rotatable bonds is 5. The molecule has 6 nitrogen and oxygen atoms in total. The van der Waals surface area contributed by atoms with Crippen molar-refractivity contribution in [2.45, 2.75) is 30.7 Å². The molecule has 0 unspecified atom stereocenters. The summed E-state index contributed by atoms with van der Waals surface area (Å²) in [6, 6.07) is 5.93. The van der Waals surface area contributed by atoms with E-state index >= 15 is 0 Å². The number of thiazole rings is 1. The van der Waals surface area contributed by atoms with Gasteiger partial charge in [0.25, 0.3) is 5.91 Å². The summed E-state index contributed by atoms with van der Waals surface area (Å²) in [5.41, 5.74) is 0.387. The number of aryl methyl sites for hydroxylation is 1. The number of aromatic nitrogens is 1. The molecule has 1 amide bonds. The molecule has 8 heteroatoms. The van der Waals surface area contributed by atoms with Crippen LogP contribution in [0.2, 0.25) is 0 Å². The zero-order chi connectivity index (χ0) is 15.7. The average molecular weight is 337 g/mol. The predicted octanol–water partition coefficient (Wildman–Crippen LogP) is 2.14. The lowest BCUT2D eigenvalue weighted by atomic mass is 10.2. The van der Waals surface area contributed by atoms with Crippen LogP contribution in [-0.2, 0) is 10.0 Å². The van der Waals surface area contributed by atoms with Crippen molar-refractivity contribution in [3.8, 4) is 0 Å². The van der Waals surface area contributed by atoms with Gasteiger partial charge in [-0.3, -0.25) is 10.1 Å². The van der Waals surface area contributed by atoms with Crippen molar-refractivity contribution in [2.24, 2.45) is 0 Å². The highest BCUT2D eigenvalue weighted by Crippen LogP contribution is 2.22. The van der Waals surface area contributed by atoms with Crippen molar-refractivity contribution in [2.75, 3.05) is 5.32 Å². The highest BCUT2D eigenvalue weighted by atomic mass is 32.2. The smallest absolute Gasteiger partial charge is 0.257 e. The average Bonchev–Trinajstić information content (AvgIpc) is 3.19. The first-order chi connectivity index (χ1) is 10.4. The SMILES string of the molecule is Cc1cnc(NC(=O)c2ccc(S(=O)(=O)NC3CC3)cc2)s1. The van der Waals surface area contributed by atoms with E-state index in [9.17, 15) is 13.2 Å². The van der Waals surface area contributed by atoms with Gasteiger partial charge in [0, 0.05) is 22.7 Å². The van der Waals surface area contributed by atoms with E-state index in [-0.39, 0.29) is 16.8 Å². The van der Waals surface area contributed by atoms with Gasteiger partial charge in [-0.25, -0.2) is 18.1 Å². The number of anilines is 1. The van der Waals surface area contributed by atoms with Crippen LogP contribution < -0.4 is 10.0 Å². The predicted molar refractivity (Wildman–Crippen MR) is 84.6 cm³/mol. The van der Waals surface area contributed by atoms with Crippen LogP contribution in [0.15, 0.2) is 35.4 Å². The van der Waals surface area contributed by atoms with Gasteiger partial charge in [0.2, 0.25) is 10.0 Å². The number of nitrogens with one attached hydrogen (secondary N) is 2. The number of amides is 1. The summed E-state index contributed by atoms with van der Waals surface area (Å²) in [4.78, 5) is 17.3. The Morgan fingerprint density at radius 3 is 2.50 bits per heavy atom. The van der Waals surface area contributed by atoms with E-state index in [1.807, 2.05) is 6.92 Å². The minimum absolute atomic E-state index is 0.0566. The molecule has 22 heavy (non-hydrogen) atoms. The Morgan fingerprint density at radius 1 is 1.27 bits per heavy atom. The standard InChI is InChI=1S/C14H15N3O3S2/c1-9-8-15-14(21-9)16-13(18)10-2-6-12(7-3-10)22(19,20)17-11-4-5-11/h2-3,6-8,11,17H,4-5H2,1H3,(H,15,16,18). The van der Waals surface area contributed by atoms with Crippen LogP contribution in [0.25, 0.3) is 0 Å². The number of sulfonamides is 1. The lowest BCUT2D eigenvalue weighted by Crippen LogP contribution is -2.25. The topological polar surface area (TPSA) is 88.2 Å². The highest BCUT2D eigenvalue weighted by molar-refractivity contribution is 7.89. The van der Waals surface area contributed by atoms with Gasteiger partial charge in [-0.05, 0) is 44.0 Å². The quantitative estimate of drug-likeness (QED) is 0.875. The molecule has 1 heterocycles. The molecule has 116 valence electrons. The molecule has 1 aromatic carbocycles. The van der Waals surface area contributed by atoms with Gasteiger partial charge < -0.3 is 0 Å². The van der Waals surface area contributed by atoms with Crippen molar-refractivity contribution >= 4 is 32.4 Å². The van der Waals surface area contributed by atoms with Crippen LogP contribution in [-0.4, -0.2) is 25.4 Å². The number of carbonyl (C=O) groups is 1. The monoisotopic (exact) mass is 337 g/mol. The van der Waals surface area contributed by atoms with Gasteiger partial charge in [-0.2, -0.15) is 0 Å². The summed E-state index contributed by atoms with van der Waals surface area (Å²) in [5, 5.41) is 3.21. The summed E-state index contributed by atoms with van der Waals surface area (Å²) >= 11 is 1.38. The molecule has 3 rings (SSSR count). The number of hydrogen-bond donors (Lipinski definition) is 2. The third-order valence-corrected chi connectivity index (χ3v) is 5.53. The van der Waals surface area contributed by atoms with Gasteiger partial charge in [0.1, 0.15) is 0 Å². The molecule has 0 radical (unpaired) electrons. The number of carbonyl (C=O) groups excluding carboxylic acids is 1. The summed E-state index contributed by atoms with van der Waals surface area (Å²) < 4.78 is 26.7. The Balaban J connectivity index is 1.71. The Morgan fingerprint density at radius 2 is 1.95 bits per heavy atom. The molecule has 0 saturated heterocycles. The number of nitrogens with zero attached hydrogens (tertiary/aromatic N) is 1. The minimum Gasteiger partial charge on any atom is -0.298 e. The summed E-state index contributed by atoms with van der Waals surface area (Å²) in [6.45, 7) is 1.90. The van der Waals surface area contributed by atoms with Crippen LogP contribution in [0.4, 0.5) is 5.13 Å². The summed E-state index contributed by atoms with van der Waals surface area (Å²) in [5.74, 6) is -0.312. The van der Waals surface area contributed by atoms with Crippen LogP contribution in [0.5, 0.6) is 0 Å². The van der Waals surface area contributed by atoms with Gasteiger partial charge in [0.05, 0.1) is 4.90 Å². The maximum Gasteiger partial charge on any atom is 0.257 e. The first-order valence-corrected chi connectivity index (χ1v) is 9.10. The second-order valence-corrected chi connectivity index (χ2v) is 8.10. The maximum atomic E-state index is 12.1. The molecule has 0 bridgehead atoms. The molecule has 0 aliphatic heterocycles. The van der Waals surface area contributed by atoms with Gasteiger partial charge >= 0.3 is 0 Å². The normalized spacial score (nSPS) is 14.8. The van der Waals surface area contributed by atoms with Crippen LogP contribution in [0.3, 0.4) is 0 Å². The first kappa shape index (κ1) is 15.1. The zero-order valence-electron chi connectivity index (χ0n) is 11.9. The molecule has 1 aliphatic carbocycles. The van der Waals surface area contributed by atoms with Gasteiger partial charge in [0.15, 0.2) is 5.13 Å². The number of benzene rings is 1. The lowest BCUT2D eigenvalue weighted by Gasteiger charge is -2.06. The van der Waals surface area contributed by atoms with Gasteiger partial charge in [-0.15, -0.1) is 11.3 Å². The summed E-state index contributed by atoms with van der Waals surface area (Å²) in [7, 11) is -3.49. The maximum absolute atomic E-state index is 12.1. The van der Waals surface area contributed by atoms with E-state index in [0.717, 1.165) is 17.7 Å². The fourth-order valence-electron chi connectivity index (χ4n) is 1.86. The van der Waals surface area contributed by atoms with Crippen molar-refractivity contribution in [1.29, 1.82) is 0 Å². The summed E-state index contributed by atoms with van der Waals surface area (Å²) in [6.07, 6.45) is 3.44. The van der Waals surface area contributed by atoms with Crippen molar-refractivity contribution in [3.05, 3.63) is 40.9 Å². The Hall–Kier alpha value is -1.77. The Kier molecular flexibility index (Phi) is 3.98. The molecule has 0 spiro atoms. The lowest BCUT2D eigenvalue weighted by molar-refractivity contribution is 0.102. The largest absolute Gasteiger partial charge is 0.298 e. The second kappa shape index (κ2) is 5.79. The third-order valence-electron chi connectivity index (χ3n) is 3.17. The number of hydrogen-bond acceptors (Lipinski definition) is 5. The molecule has 1 saturated carbocycles. The molecular formula is C14H15N3O3S2. The van der Waals surface area contributed by atoms with Gasteiger partial charge in [-0.1, -0.05) is 0 Å². The highest BCUT2D eigenvalue weighted by Gasteiger charge is 2.27. The van der Waals surface area contributed by atoms with Crippen molar-refractivity contribution < 1.29 is 13.2 Å². The Bertz CT molecular complexity index is 793. The van der Waals surface area contributed by atoms with Crippen molar-refractivity contribution in [3.63, 3.8) is 0 Å². The third kappa shape index (κ3) is 3.52. The molecule has 0 atom stereocenters.